The number of carbonyl (C=O) groups excluding carboxylic acids is 3. The molecular weight excluding hydrogens is 402 g/mol. The molecule has 0 saturated carbocycles. The molecule has 0 aliphatic carbocycles. The van der Waals surface area contributed by atoms with Gasteiger partial charge in [0.15, 0.2) is 0 Å². The van der Waals surface area contributed by atoms with Crippen LogP contribution in [-0.2, 0) is 14.3 Å². The van der Waals surface area contributed by atoms with Crippen LogP contribution in [0.25, 0.3) is 0 Å². The molecule has 1 aromatic rings. The van der Waals surface area contributed by atoms with Crippen molar-refractivity contribution in [2.24, 2.45) is 11.8 Å². The van der Waals surface area contributed by atoms with Gasteiger partial charge in [0.05, 0.1) is 40.0 Å². The lowest BCUT2D eigenvalue weighted by atomic mass is 9.81. The molecular formula is C17H17N5O8. The van der Waals surface area contributed by atoms with E-state index < -0.39 is 39.1 Å². The summed E-state index contributed by atoms with van der Waals surface area (Å²) in [5.74, 6) is -1.50. The van der Waals surface area contributed by atoms with E-state index in [1.165, 1.54) is 0 Å². The van der Waals surface area contributed by atoms with E-state index >= 15 is 0 Å². The fourth-order valence-electron chi connectivity index (χ4n) is 4.33. The number of rotatable bonds is 6. The second-order valence-corrected chi connectivity index (χ2v) is 7.27. The Morgan fingerprint density at radius 3 is 2.30 bits per heavy atom. The molecule has 0 spiro atoms. The van der Waals surface area contributed by atoms with Crippen molar-refractivity contribution in [1.29, 1.82) is 0 Å². The Morgan fingerprint density at radius 2 is 1.73 bits per heavy atom. The van der Waals surface area contributed by atoms with Crippen LogP contribution in [0.2, 0.25) is 0 Å². The summed E-state index contributed by atoms with van der Waals surface area (Å²) < 4.78 is 5.65. The van der Waals surface area contributed by atoms with E-state index in [0.29, 0.717) is 0 Å². The van der Waals surface area contributed by atoms with Gasteiger partial charge in [0.1, 0.15) is 5.69 Å². The Morgan fingerprint density at radius 1 is 1.10 bits per heavy atom. The van der Waals surface area contributed by atoms with Crippen molar-refractivity contribution in [2.45, 2.75) is 25.0 Å². The average Bonchev–Trinajstić information content (AvgIpc) is 3.37. The Bertz CT molecular complexity index is 937. The number of hydrogen-bond donors (Lipinski definition) is 2. The zero-order chi connectivity index (χ0) is 21.6. The molecule has 3 aliphatic heterocycles. The molecule has 4 unspecified atom stereocenters. The minimum Gasteiger partial charge on any atom is -0.373 e. The average molecular weight is 419 g/mol. The highest BCUT2D eigenvalue weighted by atomic mass is 16.6. The van der Waals surface area contributed by atoms with Crippen LogP contribution in [-0.4, -0.2) is 57.9 Å². The van der Waals surface area contributed by atoms with Gasteiger partial charge in [-0.2, -0.15) is 0 Å². The number of imide groups is 1. The van der Waals surface area contributed by atoms with Crippen molar-refractivity contribution >= 4 is 34.9 Å². The molecule has 158 valence electrons. The molecule has 2 bridgehead atoms. The van der Waals surface area contributed by atoms with Gasteiger partial charge >= 0.3 is 6.03 Å². The van der Waals surface area contributed by atoms with Crippen LogP contribution >= 0.6 is 0 Å². The lowest BCUT2D eigenvalue weighted by Crippen LogP contribution is -2.41. The summed E-state index contributed by atoms with van der Waals surface area (Å²) in [7, 11) is 0. The van der Waals surface area contributed by atoms with Crippen LogP contribution in [0.4, 0.5) is 21.9 Å². The second kappa shape index (κ2) is 7.33. The third-order valence-electron chi connectivity index (χ3n) is 5.63. The van der Waals surface area contributed by atoms with E-state index in [4.69, 9.17) is 4.74 Å². The number of anilines is 1. The Kier molecular flexibility index (Phi) is 4.81. The van der Waals surface area contributed by atoms with Gasteiger partial charge in [-0.1, -0.05) is 0 Å². The van der Waals surface area contributed by atoms with Crippen molar-refractivity contribution < 1.29 is 29.0 Å². The fraction of sp³-hybridized carbons (Fsp3) is 0.471. The van der Waals surface area contributed by atoms with Crippen molar-refractivity contribution in [3.63, 3.8) is 0 Å². The summed E-state index contributed by atoms with van der Waals surface area (Å²) in [6, 6.07) is 2.01. The molecule has 4 rings (SSSR count). The maximum absolute atomic E-state index is 12.5. The van der Waals surface area contributed by atoms with E-state index in [-0.39, 0.29) is 42.8 Å². The van der Waals surface area contributed by atoms with E-state index in [9.17, 15) is 34.6 Å². The molecule has 3 saturated heterocycles. The predicted molar refractivity (Wildman–Crippen MR) is 98.4 cm³/mol. The minimum atomic E-state index is -0.848. The highest BCUT2D eigenvalue weighted by molar-refractivity contribution is 6.06. The molecule has 30 heavy (non-hydrogen) atoms. The first kappa shape index (κ1) is 19.7. The number of ether oxygens (including phenoxy) is 1. The van der Waals surface area contributed by atoms with Gasteiger partial charge in [0.2, 0.25) is 11.8 Å². The quantitative estimate of drug-likeness (QED) is 0.386. The number of nitro groups is 2. The first-order valence-electron chi connectivity index (χ1n) is 9.26. The normalized spacial score (nSPS) is 26.6. The number of carbonyl (C=O) groups is 3. The second-order valence-electron chi connectivity index (χ2n) is 7.27. The number of amides is 4. The Labute approximate surface area is 168 Å². The standard InChI is InChI=1S/C17H17N5O8/c23-15-13-11-3-4-12(30-11)14(13)16(24)20(15)6-5-18-17(25)19-9-2-1-8(21(26)27)7-10(9)22(28)29/h1-2,7,11-14H,3-6H2,(H2,18,19,25). The van der Waals surface area contributed by atoms with Gasteiger partial charge in [-0.3, -0.25) is 34.7 Å². The van der Waals surface area contributed by atoms with E-state index in [1.807, 2.05) is 0 Å². The summed E-state index contributed by atoms with van der Waals surface area (Å²) in [4.78, 5) is 58.5. The number of fused-ring (bicyclic) bond motifs is 5. The van der Waals surface area contributed by atoms with E-state index in [0.717, 1.165) is 35.9 Å². The van der Waals surface area contributed by atoms with E-state index in [2.05, 4.69) is 10.6 Å². The van der Waals surface area contributed by atoms with Gasteiger partial charge in [-0.05, 0) is 18.9 Å². The fourth-order valence-corrected chi connectivity index (χ4v) is 4.33. The maximum Gasteiger partial charge on any atom is 0.319 e. The van der Waals surface area contributed by atoms with Crippen LogP contribution < -0.4 is 10.6 Å². The molecule has 0 radical (unpaired) electrons. The Hall–Kier alpha value is -3.61. The van der Waals surface area contributed by atoms with E-state index in [1.54, 1.807) is 0 Å². The Balaban J connectivity index is 1.34. The van der Waals surface area contributed by atoms with Crippen molar-refractivity contribution in [3.8, 4) is 0 Å². The summed E-state index contributed by atoms with van der Waals surface area (Å²) in [6.45, 7) is -0.0837. The topological polar surface area (TPSA) is 174 Å². The van der Waals surface area contributed by atoms with Crippen molar-refractivity contribution in [1.82, 2.24) is 10.2 Å². The highest BCUT2D eigenvalue weighted by Gasteiger charge is 2.62. The number of non-ortho nitro benzene ring substituents is 1. The number of nitrogens with one attached hydrogen (secondary N) is 2. The van der Waals surface area contributed by atoms with Crippen LogP contribution in [0.1, 0.15) is 12.8 Å². The zero-order valence-electron chi connectivity index (χ0n) is 15.5. The third kappa shape index (κ3) is 3.22. The zero-order valence-corrected chi connectivity index (χ0v) is 15.5. The molecule has 1 aromatic carbocycles. The minimum absolute atomic E-state index is 0.0279. The first-order chi connectivity index (χ1) is 14.3. The summed E-state index contributed by atoms with van der Waals surface area (Å²) in [6.07, 6.45) is 1.07. The largest absolute Gasteiger partial charge is 0.373 e. The number of urea groups is 1. The summed E-state index contributed by atoms with van der Waals surface area (Å²) >= 11 is 0. The third-order valence-corrected chi connectivity index (χ3v) is 5.63. The molecule has 4 atom stereocenters. The first-order valence-corrected chi connectivity index (χ1v) is 9.26. The van der Waals surface area contributed by atoms with Crippen LogP contribution in [0.15, 0.2) is 18.2 Å². The SMILES string of the molecule is O=C(NCCN1C(=O)C2C3CCC(O3)C2C1=O)Nc1ccc([N+](=O)[O-])cc1[N+](=O)[O-]. The number of likely N-dealkylation sites (tertiary alicyclic amines) is 1. The van der Waals surface area contributed by atoms with Gasteiger partial charge in [0.25, 0.3) is 11.4 Å². The lowest BCUT2D eigenvalue weighted by Gasteiger charge is -2.17. The smallest absolute Gasteiger partial charge is 0.319 e. The number of hydrogen-bond acceptors (Lipinski definition) is 8. The molecule has 3 fully saturated rings. The maximum atomic E-state index is 12.5. The van der Waals surface area contributed by atoms with Crippen LogP contribution in [0.3, 0.4) is 0 Å². The molecule has 3 heterocycles. The van der Waals surface area contributed by atoms with Crippen molar-refractivity contribution in [2.75, 3.05) is 18.4 Å². The van der Waals surface area contributed by atoms with Gasteiger partial charge in [-0.15, -0.1) is 0 Å². The predicted octanol–water partition coefficient (Wildman–Crippen LogP) is 0.787. The molecule has 13 nitrogen and oxygen atoms in total. The molecule has 2 N–H and O–H groups in total. The molecule has 3 aliphatic rings. The number of nitro benzene ring substituents is 2. The van der Waals surface area contributed by atoms with Crippen molar-refractivity contribution in [3.05, 3.63) is 38.4 Å². The number of nitrogens with zero attached hydrogens (tertiary/aromatic N) is 3. The van der Waals surface area contributed by atoms with Gasteiger partial charge < -0.3 is 15.4 Å². The highest BCUT2D eigenvalue weighted by Crippen LogP contribution is 2.48. The van der Waals surface area contributed by atoms with Crippen LogP contribution in [0, 0.1) is 32.1 Å². The molecule has 0 aromatic heterocycles. The van der Waals surface area contributed by atoms with Gasteiger partial charge in [-0.25, -0.2) is 4.79 Å². The molecule has 13 heteroatoms. The summed E-state index contributed by atoms with van der Waals surface area (Å²) in [5.41, 5.74) is -1.34. The van der Waals surface area contributed by atoms with Gasteiger partial charge in [0, 0.05) is 19.2 Å². The lowest BCUT2D eigenvalue weighted by molar-refractivity contribution is -0.393. The monoisotopic (exact) mass is 419 g/mol. The summed E-state index contributed by atoms with van der Waals surface area (Å²) in [5, 5.41) is 26.5. The molecule has 4 amide bonds. The number of benzene rings is 1. The van der Waals surface area contributed by atoms with Crippen LogP contribution in [0.5, 0.6) is 0 Å².